The van der Waals surface area contributed by atoms with Crippen molar-refractivity contribution in [3.05, 3.63) is 24.3 Å². The summed E-state index contributed by atoms with van der Waals surface area (Å²) in [5.41, 5.74) is 0. The Bertz CT molecular complexity index is 1510. The number of unbranched alkanes of at least 4 members (excludes halogenated alkanes) is 1. The minimum absolute atomic E-state index is 0.00676. The average Bonchev–Trinajstić information content (AvgIpc) is 3.65. The molecule has 2 aliphatic heterocycles. The molecule has 7 N–H and O–H groups in total. The van der Waals surface area contributed by atoms with E-state index >= 15 is 0 Å². The molecule has 2 rings (SSSR count). The summed E-state index contributed by atoms with van der Waals surface area (Å²) in [6.07, 6.45) is 2.72. The zero-order valence-electron chi connectivity index (χ0n) is 31.3. The number of nitrogens with zero attached hydrogens (tertiary/aromatic N) is 2. The van der Waals surface area contributed by atoms with Gasteiger partial charge in [0.25, 0.3) is 23.6 Å². The zero-order valence-corrected chi connectivity index (χ0v) is 31.3. The lowest BCUT2D eigenvalue weighted by Crippen LogP contribution is -2.55. The first-order chi connectivity index (χ1) is 26.7. The summed E-state index contributed by atoms with van der Waals surface area (Å²) in [7, 11) is 0. The Kier molecular flexibility index (Phi) is 20.3. The van der Waals surface area contributed by atoms with Crippen molar-refractivity contribution >= 4 is 65.4 Å². The summed E-state index contributed by atoms with van der Waals surface area (Å²) >= 11 is 0. The Balaban J connectivity index is 1.96. The maximum atomic E-state index is 13.4. The van der Waals surface area contributed by atoms with Crippen molar-refractivity contribution in [2.75, 3.05) is 59.0 Å². The predicted octanol–water partition coefficient (Wildman–Crippen LogP) is -3.01. The number of rotatable bonds is 25. The number of carbonyl (C=O) groups excluding carboxylic acids is 11. The highest BCUT2D eigenvalue weighted by molar-refractivity contribution is 6.13. The van der Waals surface area contributed by atoms with Gasteiger partial charge in [0.15, 0.2) is 0 Å². The van der Waals surface area contributed by atoms with Crippen LogP contribution in [0.1, 0.15) is 52.4 Å². The Labute approximate surface area is 322 Å². The van der Waals surface area contributed by atoms with Gasteiger partial charge in [-0.2, -0.15) is 0 Å². The van der Waals surface area contributed by atoms with E-state index in [0.717, 1.165) is 34.1 Å². The van der Waals surface area contributed by atoms with Crippen LogP contribution in [0.4, 0.5) is 9.59 Å². The van der Waals surface area contributed by atoms with Gasteiger partial charge in [0, 0.05) is 83.0 Å². The smallest absolute Gasteiger partial charge is 0.407 e. The lowest BCUT2D eigenvalue weighted by Gasteiger charge is -2.23. The largest absolute Gasteiger partial charge is 0.450 e. The molecule has 0 fully saturated rings. The number of nitrogens with one attached hydrogen (secondary N) is 7. The molecule has 2 heterocycles. The fourth-order valence-corrected chi connectivity index (χ4v) is 4.99. The molecule has 0 radical (unpaired) electrons. The van der Waals surface area contributed by atoms with Crippen LogP contribution in [0.5, 0.6) is 0 Å². The first kappa shape index (κ1) is 45.8. The molecule has 2 unspecified atom stereocenters. The summed E-state index contributed by atoms with van der Waals surface area (Å²) in [4.78, 5) is 136. The van der Waals surface area contributed by atoms with E-state index in [2.05, 4.69) is 37.2 Å². The summed E-state index contributed by atoms with van der Waals surface area (Å²) in [6, 6.07) is -2.69. The first-order valence-electron chi connectivity index (χ1n) is 18.0. The third-order valence-corrected chi connectivity index (χ3v) is 7.81. The molecule has 0 saturated heterocycles. The molecule has 0 bridgehead atoms. The molecule has 0 spiro atoms. The van der Waals surface area contributed by atoms with Crippen LogP contribution in [-0.2, 0) is 52.6 Å². The third kappa shape index (κ3) is 17.2. The molecule has 22 heteroatoms. The molecule has 0 aliphatic carbocycles. The average molecular weight is 792 g/mol. The fourth-order valence-electron chi connectivity index (χ4n) is 4.99. The highest BCUT2D eigenvalue weighted by atomic mass is 16.6. The zero-order chi connectivity index (χ0) is 41.5. The Morgan fingerprint density at radius 3 is 1.50 bits per heavy atom. The molecule has 11 amide bonds. The second kappa shape index (κ2) is 24.9. The van der Waals surface area contributed by atoms with Crippen LogP contribution in [0, 0.1) is 0 Å². The number of alkyl carbamates (subject to hydrolysis) is 2. The molecule has 0 aromatic rings. The van der Waals surface area contributed by atoms with Gasteiger partial charge < -0.3 is 46.7 Å². The van der Waals surface area contributed by atoms with Crippen molar-refractivity contribution in [1.29, 1.82) is 0 Å². The van der Waals surface area contributed by atoms with E-state index in [1.54, 1.807) is 13.8 Å². The highest BCUT2D eigenvalue weighted by Crippen LogP contribution is 2.06. The van der Waals surface area contributed by atoms with E-state index in [0.29, 0.717) is 12.8 Å². The number of carbonyl (C=O) groups is 11. The second-order valence-electron chi connectivity index (χ2n) is 12.0. The van der Waals surface area contributed by atoms with E-state index in [1.165, 1.54) is 0 Å². The summed E-state index contributed by atoms with van der Waals surface area (Å²) < 4.78 is 9.70. The van der Waals surface area contributed by atoms with Gasteiger partial charge in [-0.15, -0.1) is 0 Å². The molecule has 0 saturated carbocycles. The fraction of sp³-hybridized carbons (Fsp3) is 0.559. The SMILES string of the molecule is CCOC(=O)NCCCCC(NC(=O)OCC)C(=O)NC(CC(=O)NCCNC(=O)CCN1C(=O)C=CC1=O)C(=O)NCCNC(=O)CCN1C(=O)C=CC1=O. The minimum atomic E-state index is -1.48. The highest BCUT2D eigenvalue weighted by Gasteiger charge is 2.29. The van der Waals surface area contributed by atoms with Gasteiger partial charge in [0.2, 0.25) is 29.5 Å². The molecule has 0 aromatic heterocycles. The number of imide groups is 2. The van der Waals surface area contributed by atoms with Gasteiger partial charge in [0.05, 0.1) is 19.6 Å². The Morgan fingerprint density at radius 2 is 1.00 bits per heavy atom. The first-order valence-corrected chi connectivity index (χ1v) is 18.0. The molecule has 2 atom stereocenters. The van der Waals surface area contributed by atoms with Crippen LogP contribution in [-0.4, -0.2) is 146 Å². The third-order valence-electron chi connectivity index (χ3n) is 7.81. The number of amides is 11. The molecule has 2 aliphatic rings. The van der Waals surface area contributed by atoms with Crippen molar-refractivity contribution in [3.63, 3.8) is 0 Å². The topological polar surface area (TPSA) is 297 Å². The maximum absolute atomic E-state index is 13.4. The molecule has 308 valence electrons. The van der Waals surface area contributed by atoms with Gasteiger partial charge in [-0.1, -0.05) is 0 Å². The van der Waals surface area contributed by atoms with Crippen LogP contribution in [0.2, 0.25) is 0 Å². The van der Waals surface area contributed by atoms with E-state index in [9.17, 15) is 52.7 Å². The van der Waals surface area contributed by atoms with E-state index in [4.69, 9.17) is 9.47 Å². The number of hydrogen-bond donors (Lipinski definition) is 7. The van der Waals surface area contributed by atoms with Crippen molar-refractivity contribution in [2.24, 2.45) is 0 Å². The quantitative estimate of drug-likeness (QED) is 0.0359. The summed E-state index contributed by atoms with van der Waals surface area (Å²) in [5, 5.41) is 17.5. The van der Waals surface area contributed by atoms with E-state index in [-0.39, 0.29) is 78.3 Å². The van der Waals surface area contributed by atoms with Crippen molar-refractivity contribution in [1.82, 2.24) is 47.0 Å². The van der Waals surface area contributed by atoms with E-state index < -0.39 is 83.9 Å². The van der Waals surface area contributed by atoms with Gasteiger partial charge >= 0.3 is 12.2 Å². The van der Waals surface area contributed by atoms with Crippen molar-refractivity contribution in [3.8, 4) is 0 Å². The lowest BCUT2D eigenvalue weighted by atomic mass is 10.1. The molecule has 56 heavy (non-hydrogen) atoms. The molecular weight excluding hydrogens is 742 g/mol. The monoisotopic (exact) mass is 791 g/mol. The van der Waals surface area contributed by atoms with Crippen LogP contribution < -0.4 is 37.2 Å². The predicted molar refractivity (Wildman–Crippen MR) is 192 cm³/mol. The Hall–Kier alpha value is -6.35. The minimum Gasteiger partial charge on any atom is -0.450 e. The normalized spacial score (nSPS) is 14.2. The summed E-state index contributed by atoms with van der Waals surface area (Å²) in [5.74, 6) is -5.47. The standard InChI is InChI=1S/C34H49N9O13/c1-3-55-33(53)39-14-6-5-7-22(41-34(54)56-4-2)32(52)40-23(31(51)38-18-17-36-25(45)13-20-43-29(49)10-11-30(43)50)21-26(46)37-16-15-35-24(44)12-19-42-27(47)8-9-28(42)48/h8-11,22-23H,3-7,12-21H2,1-2H3,(H,35,44)(H,36,45)(H,37,46)(H,38,51)(H,39,53)(H,40,52)(H,41,54). The number of ether oxygens (including phenoxy) is 2. The van der Waals surface area contributed by atoms with Crippen LogP contribution in [0.3, 0.4) is 0 Å². The van der Waals surface area contributed by atoms with Crippen LogP contribution >= 0.6 is 0 Å². The van der Waals surface area contributed by atoms with Gasteiger partial charge in [-0.3, -0.25) is 53.0 Å². The summed E-state index contributed by atoms with van der Waals surface area (Å²) in [6.45, 7) is 3.00. The second-order valence-corrected chi connectivity index (χ2v) is 12.0. The maximum Gasteiger partial charge on any atom is 0.407 e. The van der Waals surface area contributed by atoms with Crippen LogP contribution in [0.15, 0.2) is 24.3 Å². The lowest BCUT2D eigenvalue weighted by molar-refractivity contribution is -0.139. The van der Waals surface area contributed by atoms with Crippen LogP contribution in [0.25, 0.3) is 0 Å². The number of hydrogen-bond acceptors (Lipinski definition) is 13. The Morgan fingerprint density at radius 1 is 0.536 bits per heavy atom. The van der Waals surface area contributed by atoms with Crippen molar-refractivity contribution < 1.29 is 62.2 Å². The van der Waals surface area contributed by atoms with Gasteiger partial charge in [-0.25, -0.2) is 9.59 Å². The van der Waals surface area contributed by atoms with E-state index in [1.807, 2.05) is 0 Å². The molecule has 22 nitrogen and oxygen atoms in total. The van der Waals surface area contributed by atoms with Gasteiger partial charge in [-0.05, 0) is 33.1 Å². The van der Waals surface area contributed by atoms with Gasteiger partial charge in [0.1, 0.15) is 12.1 Å². The van der Waals surface area contributed by atoms with Crippen molar-refractivity contribution in [2.45, 2.75) is 64.5 Å². The molecule has 0 aromatic carbocycles. The molecular formula is C34H49N9O13.